The van der Waals surface area contributed by atoms with E-state index < -0.39 is 24.0 Å². The number of fused-ring (bicyclic) bond motifs is 1. The average Bonchev–Trinajstić information content (AvgIpc) is 3.11. The monoisotopic (exact) mass is 393 g/mol. The van der Waals surface area contributed by atoms with E-state index in [0.29, 0.717) is 32.7 Å². The van der Waals surface area contributed by atoms with Crippen LogP contribution in [0.15, 0.2) is 0 Å². The Bertz CT molecular complexity index is 684. The van der Waals surface area contributed by atoms with Crippen molar-refractivity contribution in [3.63, 3.8) is 0 Å². The van der Waals surface area contributed by atoms with E-state index in [0.717, 1.165) is 19.3 Å². The minimum absolute atomic E-state index is 0.0481. The van der Waals surface area contributed by atoms with Gasteiger partial charge in [-0.15, -0.1) is 0 Å². The molecule has 3 saturated carbocycles. The highest BCUT2D eigenvalue weighted by Crippen LogP contribution is 2.59. The van der Waals surface area contributed by atoms with Crippen LogP contribution in [0.5, 0.6) is 0 Å². The Morgan fingerprint density at radius 3 is 2.64 bits per heavy atom. The van der Waals surface area contributed by atoms with E-state index in [2.05, 4.69) is 0 Å². The van der Waals surface area contributed by atoms with Gasteiger partial charge in [-0.05, 0) is 25.7 Å². The highest BCUT2D eigenvalue weighted by molar-refractivity contribution is 5.86. The molecule has 0 amide bonds. The second-order valence-corrected chi connectivity index (χ2v) is 8.82. The number of morpholine rings is 1. The zero-order chi connectivity index (χ0) is 19.5. The van der Waals surface area contributed by atoms with Gasteiger partial charge in [0.1, 0.15) is 17.8 Å². The molecule has 0 aromatic carbocycles. The summed E-state index contributed by atoms with van der Waals surface area (Å²) in [4.78, 5) is 39.8. The number of ether oxygens (including phenoxy) is 4. The first-order valence-corrected chi connectivity index (χ1v) is 10.4. The minimum atomic E-state index is -0.554. The van der Waals surface area contributed by atoms with Crippen molar-refractivity contribution in [2.45, 2.75) is 50.4 Å². The maximum Gasteiger partial charge on any atom is 0.320 e. The largest absolute Gasteiger partial charge is 0.459 e. The molecule has 2 heterocycles. The summed E-state index contributed by atoms with van der Waals surface area (Å²) >= 11 is 0. The van der Waals surface area contributed by atoms with Crippen molar-refractivity contribution in [1.82, 2.24) is 4.90 Å². The Hall–Kier alpha value is -1.67. The second-order valence-electron chi connectivity index (χ2n) is 8.82. The van der Waals surface area contributed by atoms with Gasteiger partial charge in [-0.3, -0.25) is 19.3 Å². The molecule has 5 fully saturated rings. The summed E-state index contributed by atoms with van der Waals surface area (Å²) in [5.74, 6) is -2.23. The molecule has 2 bridgehead atoms. The predicted octanol–water partition coefficient (Wildman–Crippen LogP) is 0.524. The van der Waals surface area contributed by atoms with Crippen LogP contribution in [0, 0.1) is 23.7 Å². The SMILES string of the molecule is CCC1(OC(=O)C2C3CC4C(OC(=O)C42)C3OC(=O)CN2CCOCC2)CC1. The molecule has 154 valence electrons. The van der Waals surface area contributed by atoms with Crippen molar-refractivity contribution in [3.05, 3.63) is 0 Å². The summed E-state index contributed by atoms with van der Waals surface area (Å²) in [5, 5.41) is 0. The summed E-state index contributed by atoms with van der Waals surface area (Å²) in [6.45, 7) is 4.81. The fraction of sp³-hybridized carbons (Fsp3) is 0.850. The normalized spacial score (nSPS) is 40.2. The number of carbonyl (C=O) groups excluding carboxylic acids is 3. The van der Waals surface area contributed by atoms with Crippen LogP contribution < -0.4 is 0 Å². The van der Waals surface area contributed by atoms with E-state index in [1.54, 1.807) is 0 Å². The molecule has 0 N–H and O–H groups in total. The average molecular weight is 393 g/mol. The number of carbonyl (C=O) groups is 3. The van der Waals surface area contributed by atoms with Crippen LogP contribution in [-0.4, -0.2) is 73.5 Å². The van der Waals surface area contributed by atoms with Gasteiger partial charge >= 0.3 is 17.9 Å². The number of rotatable bonds is 6. The van der Waals surface area contributed by atoms with E-state index in [-0.39, 0.29) is 41.9 Å². The summed E-state index contributed by atoms with van der Waals surface area (Å²) in [6.07, 6.45) is 2.26. The van der Waals surface area contributed by atoms with E-state index in [1.165, 1.54) is 0 Å². The van der Waals surface area contributed by atoms with Crippen molar-refractivity contribution in [1.29, 1.82) is 0 Å². The Balaban J connectivity index is 1.28. The predicted molar refractivity (Wildman–Crippen MR) is 93.9 cm³/mol. The first kappa shape index (κ1) is 18.4. The van der Waals surface area contributed by atoms with Crippen LogP contribution in [0.1, 0.15) is 32.6 Å². The highest BCUT2D eigenvalue weighted by atomic mass is 16.6. The molecule has 0 aromatic heterocycles. The third-order valence-electron chi connectivity index (χ3n) is 7.31. The maximum atomic E-state index is 12.9. The fourth-order valence-electron chi connectivity index (χ4n) is 5.55. The minimum Gasteiger partial charge on any atom is -0.459 e. The smallest absolute Gasteiger partial charge is 0.320 e. The van der Waals surface area contributed by atoms with Crippen LogP contribution in [0.2, 0.25) is 0 Å². The van der Waals surface area contributed by atoms with Gasteiger partial charge in [0, 0.05) is 24.9 Å². The summed E-state index contributed by atoms with van der Waals surface area (Å²) in [6, 6.07) is 0. The van der Waals surface area contributed by atoms with Crippen LogP contribution in [0.3, 0.4) is 0 Å². The summed E-state index contributed by atoms with van der Waals surface area (Å²) in [5.41, 5.74) is -0.344. The first-order chi connectivity index (χ1) is 13.5. The second kappa shape index (κ2) is 6.69. The zero-order valence-electron chi connectivity index (χ0n) is 16.1. The fourth-order valence-corrected chi connectivity index (χ4v) is 5.55. The van der Waals surface area contributed by atoms with Gasteiger partial charge in [0.15, 0.2) is 0 Å². The van der Waals surface area contributed by atoms with Crippen molar-refractivity contribution >= 4 is 17.9 Å². The molecule has 0 radical (unpaired) electrons. The number of hydrogen-bond donors (Lipinski definition) is 0. The Morgan fingerprint density at radius 2 is 1.96 bits per heavy atom. The lowest BCUT2D eigenvalue weighted by atomic mass is 9.78. The molecule has 0 spiro atoms. The molecular weight excluding hydrogens is 366 g/mol. The maximum absolute atomic E-state index is 12.9. The standard InChI is InChI=1S/C20H27NO7/c1-2-20(3-4-20)28-19(24)15-12-9-11-14(15)18(23)27-17(11)16(12)26-13(22)10-21-5-7-25-8-6-21/h11-12,14-17H,2-10H2,1H3. The Kier molecular flexibility index (Phi) is 4.39. The van der Waals surface area contributed by atoms with Crippen LogP contribution in [-0.2, 0) is 33.3 Å². The molecular formula is C20H27NO7. The van der Waals surface area contributed by atoms with Gasteiger partial charge in [0.25, 0.3) is 0 Å². The molecule has 5 rings (SSSR count). The topological polar surface area (TPSA) is 91.4 Å². The van der Waals surface area contributed by atoms with Gasteiger partial charge in [-0.25, -0.2) is 0 Å². The summed E-state index contributed by atoms with van der Waals surface area (Å²) in [7, 11) is 0. The lowest BCUT2D eigenvalue weighted by Crippen LogP contribution is -2.46. The third-order valence-corrected chi connectivity index (χ3v) is 7.31. The highest BCUT2D eigenvalue weighted by Gasteiger charge is 2.70. The van der Waals surface area contributed by atoms with E-state index in [9.17, 15) is 14.4 Å². The molecule has 8 nitrogen and oxygen atoms in total. The zero-order valence-corrected chi connectivity index (χ0v) is 16.1. The molecule has 28 heavy (non-hydrogen) atoms. The van der Waals surface area contributed by atoms with Crippen LogP contribution >= 0.6 is 0 Å². The van der Waals surface area contributed by atoms with E-state index in [4.69, 9.17) is 18.9 Å². The lowest BCUT2D eigenvalue weighted by molar-refractivity contribution is -0.170. The van der Waals surface area contributed by atoms with Gasteiger partial charge < -0.3 is 18.9 Å². The molecule has 2 saturated heterocycles. The first-order valence-electron chi connectivity index (χ1n) is 10.4. The number of hydrogen-bond acceptors (Lipinski definition) is 8. The van der Waals surface area contributed by atoms with Crippen LogP contribution in [0.25, 0.3) is 0 Å². The van der Waals surface area contributed by atoms with Crippen molar-refractivity contribution in [3.8, 4) is 0 Å². The van der Waals surface area contributed by atoms with Crippen molar-refractivity contribution in [2.24, 2.45) is 23.7 Å². The Labute approximate surface area is 163 Å². The molecule has 6 unspecified atom stereocenters. The lowest BCUT2D eigenvalue weighted by Gasteiger charge is -2.32. The van der Waals surface area contributed by atoms with Gasteiger partial charge in [0.05, 0.1) is 31.6 Å². The van der Waals surface area contributed by atoms with Crippen LogP contribution in [0.4, 0.5) is 0 Å². The summed E-state index contributed by atoms with van der Waals surface area (Å²) < 4.78 is 22.4. The molecule has 8 heteroatoms. The molecule has 5 aliphatic rings. The van der Waals surface area contributed by atoms with Gasteiger partial charge in [-0.2, -0.15) is 0 Å². The van der Waals surface area contributed by atoms with E-state index >= 15 is 0 Å². The van der Waals surface area contributed by atoms with Crippen molar-refractivity contribution in [2.75, 3.05) is 32.8 Å². The van der Waals surface area contributed by atoms with Crippen molar-refractivity contribution < 1.29 is 33.3 Å². The molecule has 3 aliphatic carbocycles. The third kappa shape index (κ3) is 2.92. The number of esters is 3. The quantitative estimate of drug-likeness (QED) is 0.477. The van der Waals surface area contributed by atoms with Gasteiger partial charge in [-0.1, -0.05) is 6.92 Å². The van der Waals surface area contributed by atoms with Gasteiger partial charge in [0.2, 0.25) is 0 Å². The molecule has 6 atom stereocenters. The molecule has 2 aliphatic heterocycles. The Morgan fingerprint density at radius 1 is 1.21 bits per heavy atom. The number of nitrogens with zero attached hydrogens (tertiary/aromatic N) is 1. The molecule has 0 aromatic rings. The van der Waals surface area contributed by atoms with E-state index in [1.807, 2.05) is 11.8 Å².